The molecule has 1 aromatic heterocycles. The third-order valence-corrected chi connectivity index (χ3v) is 5.89. The van der Waals surface area contributed by atoms with Crippen LogP contribution < -0.4 is 10.6 Å². The van der Waals surface area contributed by atoms with Gasteiger partial charge < -0.3 is 15.4 Å². The van der Waals surface area contributed by atoms with Gasteiger partial charge in [-0.2, -0.15) is 0 Å². The minimum atomic E-state index is -0.483. The summed E-state index contributed by atoms with van der Waals surface area (Å²) in [6.45, 7) is 1.44. The molecule has 2 amide bonds. The first-order chi connectivity index (χ1) is 10.1. The van der Waals surface area contributed by atoms with E-state index >= 15 is 0 Å². The number of carbonyl (C=O) groups is 2. The molecule has 0 aromatic carbocycles. The molecular weight excluding hydrogens is 356 g/mol. The van der Waals surface area contributed by atoms with Gasteiger partial charge in [0, 0.05) is 29.0 Å². The number of hydrogen-bond donors (Lipinski definition) is 2. The van der Waals surface area contributed by atoms with Gasteiger partial charge in [0.2, 0.25) is 11.8 Å². The minimum absolute atomic E-state index is 0.0841. The summed E-state index contributed by atoms with van der Waals surface area (Å²) in [7, 11) is 0. The Bertz CT molecular complexity index is 542. The van der Waals surface area contributed by atoms with Crippen LogP contribution in [0.2, 0.25) is 0 Å². The first-order valence-corrected chi connectivity index (χ1v) is 8.71. The van der Waals surface area contributed by atoms with Gasteiger partial charge in [0.05, 0.1) is 0 Å². The Balaban J connectivity index is 1.59. The van der Waals surface area contributed by atoms with Crippen LogP contribution in [0.3, 0.4) is 0 Å². The summed E-state index contributed by atoms with van der Waals surface area (Å²) in [5.74, 6) is 0.182. The van der Waals surface area contributed by atoms with Crippen molar-refractivity contribution in [3.8, 4) is 0 Å². The Hall–Kier alpha value is -0.920. The lowest BCUT2D eigenvalue weighted by molar-refractivity contribution is -0.137. The van der Waals surface area contributed by atoms with E-state index in [0.717, 1.165) is 22.4 Å². The van der Waals surface area contributed by atoms with E-state index in [1.165, 1.54) is 0 Å². The third-order valence-electron chi connectivity index (χ3n) is 3.94. The largest absolute Gasteiger partial charge is 0.381 e. The molecular formula is C14H17BrN2O3S. The molecule has 2 aliphatic rings. The van der Waals surface area contributed by atoms with Crippen LogP contribution in [0, 0.1) is 5.92 Å². The van der Waals surface area contributed by atoms with Gasteiger partial charge in [-0.3, -0.25) is 9.59 Å². The molecule has 0 aliphatic carbocycles. The second-order valence-electron chi connectivity index (χ2n) is 5.48. The standard InChI is InChI=1S/C14H17BrN2O3S/c15-9-2-4-21-12(9)6-11-14(19)16-10(13(18)17-11)5-8-1-3-20-7-8/h2,4,8,10-11H,1,3,5-7H2,(H,16,19)(H,17,18)/t8?,10?,11-/m0/s1. The lowest BCUT2D eigenvalue weighted by atomic mass is 9.96. The second kappa shape index (κ2) is 6.46. The average Bonchev–Trinajstić information content (AvgIpc) is 3.08. The van der Waals surface area contributed by atoms with E-state index < -0.39 is 12.1 Å². The van der Waals surface area contributed by atoms with E-state index in [1.54, 1.807) is 11.3 Å². The summed E-state index contributed by atoms with van der Waals surface area (Å²) in [6, 6.07) is 1.04. The highest BCUT2D eigenvalue weighted by Gasteiger charge is 2.35. The van der Waals surface area contributed by atoms with Crippen LogP contribution >= 0.6 is 27.3 Å². The topological polar surface area (TPSA) is 67.4 Å². The van der Waals surface area contributed by atoms with E-state index in [-0.39, 0.29) is 11.8 Å². The van der Waals surface area contributed by atoms with Crippen LogP contribution in [-0.4, -0.2) is 37.1 Å². The summed E-state index contributed by atoms with van der Waals surface area (Å²) in [5, 5.41) is 7.67. The molecule has 3 atom stereocenters. The van der Waals surface area contributed by atoms with E-state index in [1.807, 2.05) is 11.4 Å². The maximum absolute atomic E-state index is 12.2. The van der Waals surface area contributed by atoms with Crippen LogP contribution in [0.4, 0.5) is 0 Å². The van der Waals surface area contributed by atoms with Crippen molar-refractivity contribution >= 4 is 39.1 Å². The molecule has 2 fully saturated rings. The van der Waals surface area contributed by atoms with Gasteiger partial charge in [0.15, 0.2) is 0 Å². The quantitative estimate of drug-likeness (QED) is 0.840. The van der Waals surface area contributed by atoms with Crippen LogP contribution in [0.25, 0.3) is 0 Å². The Morgan fingerprint density at radius 1 is 1.29 bits per heavy atom. The fourth-order valence-electron chi connectivity index (χ4n) is 2.74. The lowest BCUT2D eigenvalue weighted by Gasteiger charge is -2.30. The molecule has 2 saturated heterocycles. The normalized spacial score (nSPS) is 29.3. The average molecular weight is 373 g/mol. The second-order valence-corrected chi connectivity index (χ2v) is 7.34. The van der Waals surface area contributed by atoms with Crippen molar-refractivity contribution in [3.63, 3.8) is 0 Å². The summed E-state index contributed by atoms with van der Waals surface area (Å²) in [5.41, 5.74) is 0. The summed E-state index contributed by atoms with van der Waals surface area (Å²) >= 11 is 5.03. The molecule has 0 saturated carbocycles. The maximum atomic E-state index is 12.2. The molecule has 3 heterocycles. The molecule has 7 heteroatoms. The van der Waals surface area contributed by atoms with Crippen molar-refractivity contribution in [2.75, 3.05) is 13.2 Å². The molecule has 114 valence electrons. The Kier molecular flexibility index (Phi) is 4.61. The highest BCUT2D eigenvalue weighted by molar-refractivity contribution is 9.10. The number of carbonyl (C=O) groups excluding carboxylic acids is 2. The predicted octanol–water partition coefficient (Wildman–Crippen LogP) is 1.46. The monoisotopic (exact) mass is 372 g/mol. The van der Waals surface area contributed by atoms with Gasteiger partial charge in [-0.15, -0.1) is 11.3 Å². The number of halogens is 1. The number of nitrogens with one attached hydrogen (secondary N) is 2. The first kappa shape index (κ1) is 15.0. The molecule has 21 heavy (non-hydrogen) atoms. The molecule has 2 aliphatic heterocycles. The number of rotatable bonds is 4. The molecule has 3 rings (SSSR count). The third kappa shape index (κ3) is 3.46. The van der Waals surface area contributed by atoms with Crippen molar-refractivity contribution in [1.82, 2.24) is 10.6 Å². The smallest absolute Gasteiger partial charge is 0.243 e. The zero-order valence-corrected chi connectivity index (χ0v) is 13.8. The SMILES string of the molecule is O=C1N[C@@H](Cc2sccc2Br)C(=O)NC1CC1CCOC1. The van der Waals surface area contributed by atoms with Crippen LogP contribution in [0.15, 0.2) is 15.9 Å². The van der Waals surface area contributed by atoms with Gasteiger partial charge in [-0.1, -0.05) is 0 Å². The molecule has 5 nitrogen and oxygen atoms in total. The maximum Gasteiger partial charge on any atom is 0.243 e. The molecule has 2 unspecified atom stereocenters. The van der Waals surface area contributed by atoms with E-state index in [9.17, 15) is 9.59 Å². The zero-order chi connectivity index (χ0) is 14.8. The zero-order valence-electron chi connectivity index (χ0n) is 11.4. The Morgan fingerprint density at radius 2 is 2.05 bits per heavy atom. The van der Waals surface area contributed by atoms with Crippen molar-refractivity contribution in [1.29, 1.82) is 0 Å². The van der Waals surface area contributed by atoms with Crippen LogP contribution in [-0.2, 0) is 20.7 Å². The highest BCUT2D eigenvalue weighted by atomic mass is 79.9. The Labute approximate surface area is 135 Å². The minimum Gasteiger partial charge on any atom is -0.381 e. The highest BCUT2D eigenvalue weighted by Crippen LogP contribution is 2.25. The van der Waals surface area contributed by atoms with Gasteiger partial charge in [0.25, 0.3) is 0 Å². The van der Waals surface area contributed by atoms with E-state index in [4.69, 9.17) is 4.74 Å². The lowest BCUT2D eigenvalue weighted by Crippen LogP contribution is -2.62. The molecule has 2 N–H and O–H groups in total. The number of thiophene rings is 1. The first-order valence-electron chi connectivity index (χ1n) is 7.04. The van der Waals surface area contributed by atoms with Gasteiger partial charge in [-0.25, -0.2) is 0 Å². The van der Waals surface area contributed by atoms with E-state index in [0.29, 0.717) is 25.4 Å². The van der Waals surface area contributed by atoms with Gasteiger partial charge in [-0.05, 0) is 46.1 Å². The molecule has 0 bridgehead atoms. The fraction of sp³-hybridized carbons (Fsp3) is 0.571. The summed E-state index contributed by atoms with van der Waals surface area (Å²) in [6.07, 6.45) is 2.15. The van der Waals surface area contributed by atoms with Crippen molar-refractivity contribution in [3.05, 3.63) is 20.8 Å². The van der Waals surface area contributed by atoms with Crippen LogP contribution in [0.5, 0.6) is 0 Å². The molecule has 1 aromatic rings. The van der Waals surface area contributed by atoms with Gasteiger partial charge in [0.1, 0.15) is 12.1 Å². The fourth-order valence-corrected chi connectivity index (χ4v) is 4.31. The number of piperazine rings is 1. The number of amides is 2. The molecule has 0 radical (unpaired) electrons. The number of ether oxygens (including phenoxy) is 1. The summed E-state index contributed by atoms with van der Waals surface area (Å²) in [4.78, 5) is 25.4. The van der Waals surface area contributed by atoms with Crippen molar-refractivity contribution < 1.29 is 14.3 Å². The van der Waals surface area contributed by atoms with Crippen molar-refractivity contribution in [2.24, 2.45) is 5.92 Å². The number of hydrogen-bond acceptors (Lipinski definition) is 4. The van der Waals surface area contributed by atoms with Crippen LogP contribution in [0.1, 0.15) is 17.7 Å². The predicted molar refractivity (Wildman–Crippen MR) is 83.1 cm³/mol. The van der Waals surface area contributed by atoms with E-state index in [2.05, 4.69) is 26.6 Å². The van der Waals surface area contributed by atoms with Gasteiger partial charge >= 0.3 is 0 Å². The summed E-state index contributed by atoms with van der Waals surface area (Å²) < 4.78 is 6.30. The van der Waals surface area contributed by atoms with Crippen molar-refractivity contribution in [2.45, 2.75) is 31.3 Å². The Morgan fingerprint density at radius 3 is 2.71 bits per heavy atom. The molecule has 0 spiro atoms.